The van der Waals surface area contributed by atoms with Gasteiger partial charge in [0.25, 0.3) is 11.8 Å². The van der Waals surface area contributed by atoms with Crippen molar-refractivity contribution in [2.45, 2.75) is 31.7 Å². The molecular formula is C18H22N4O4S. The van der Waals surface area contributed by atoms with Gasteiger partial charge in [0.05, 0.1) is 4.90 Å². The molecular weight excluding hydrogens is 368 g/mol. The van der Waals surface area contributed by atoms with Crippen molar-refractivity contribution in [1.82, 2.24) is 20.6 Å². The monoisotopic (exact) mass is 390 g/mol. The van der Waals surface area contributed by atoms with Gasteiger partial charge in [0.15, 0.2) is 0 Å². The molecule has 2 amide bonds. The molecule has 1 aromatic carbocycles. The maximum absolute atomic E-state index is 12.5. The number of benzene rings is 1. The fraction of sp³-hybridized carbons (Fsp3) is 0.278. The Balaban J connectivity index is 2.06. The highest BCUT2D eigenvalue weighted by Crippen LogP contribution is 2.13. The van der Waals surface area contributed by atoms with E-state index in [9.17, 15) is 18.0 Å². The van der Waals surface area contributed by atoms with Crippen molar-refractivity contribution in [3.8, 4) is 0 Å². The largest absolute Gasteiger partial charge is 0.288 e. The van der Waals surface area contributed by atoms with Crippen molar-refractivity contribution in [3.63, 3.8) is 0 Å². The zero-order valence-corrected chi connectivity index (χ0v) is 16.1. The van der Waals surface area contributed by atoms with E-state index in [0.29, 0.717) is 0 Å². The summed E-state index contributed by atoms with van der Waals surface area (Å²) in [6, 6.07) is 9.99. The van der Waals surface area contributed by atoms with E-state index in [0.717, 1.165) is 5.56 Å². The minimum atomic E-state index is -3.89. The van der Waals surface area contributed by atoms with E-state index in [1.54, 1.807) is 38.1 Å². The SMILES string of the molecule is Cc1ccc(S(=O)(=O)N[C@H](C(=O)NNC(=O)c2ccccn2)C(C)C)cc1. The van der Waals surface area contributed by atoms with Gasteiger partial charge in [-0.05, 0) is 37.1 Å². The highest BCUT2D eigenvalue weighted by Gasteiger charge is 2.28. The van der Waals surface area contributed by atoms with Crippen LogP contribution in [0.25, 0.3) is 0 Å². The van der Waals surface area contributed by atoms with Gasteiger partial charge < -0.3 is 0 Å². The average molecular weight is 390 g/mol. The molecule has 2 rings (SSSR count). The van der Waals surface area contributed by atoms with Crippen molar-refractivity contribution in [3.05, 3.63) is 59.9 Å². The van der Waals surface area contributed by atoms with Gasteiger partial charge in [0.2, 0.25) is 10.0 Å². The van der Waals surface area contributed by atoms with Crippen LogP contribution in [0.5, 0.6) is 0 Å². The molecule has 0 radical (unpaired) electrons. The van der Waals surface area contributed by atoms with Crippen LogP contribution in [-0.4, -0.2) is 31.3 Å². The van der Waals surface area contributed by atoms with E-state index in [1.807, 2.05) is 6.92 Å². The topological polar surface area (TPSA) is 117 Å². The van der Waals surface area contributed by atoms with Crippen LogP contribution in [0, 0.1) is 12.8 Å². The van der Waals surface area contributed by atoms with Crippen LogP contribution in [0.4, 0.5) is 0 Å². The van der Waals surface area contributed by atoms with Crippen molar-refractivity contribution in [2.75, 3.05) is 0 Å². The van der Waals surface area contributed by atoms with Gasteiger partial charge in [-0.3, -0.25) is 25.4 Å². The molecule has 0 saturated carbocycles. The van der Waals surface area contributed by atoms with Gasteiger partial charge in [0.1, 0.15) is 11.7 Å². The standard InChI is InChI=1S/C18H22N4O4S/c1-12(2)16(22-27(25,26)14-9-7-13(3)8-10-14)18(24)21-20-17(23)15-6-4-5-11-19-15/h4-12,16,22H,1-3H3,(H,20,23)(H,21,24)/t16-/m0/s1. The molecule has 1 atom stereocenters. The molecule has 0 bridgehead atoms. The Labute approximate surface area is 158 Å². The molecule has 0 saturated heterocycles. The molecule has 8 nitrogen and oxygen atoms in total. The van der Waals surface area contributed by atoms with E-state index in [2.05, 4.69) is 20.6 Å². The highest BCUT2D eigenvalue weighted by molar-refractivity contribution is 7.89. The fourth-order valence-electron chi connectivity index (χ4n) is 2.20. The Morgan fingerprint density at radius 2 is 1.67 bits per heavy atom. The molecule has 27 heavy (non-hydrogen) atoms. The van der Waals surface area contributed by atoms with Gasteiger partial charge in [-0.25, -0.2) is 8.42 Å². The van der Waals surface area contributed by atoms with E-state index >= 15 is 0 Å². The predicted octanol–water partition coefficient (Wildman–Crippen LogP) is 1.15. The number of hydrogen-bond donors (Lipinski definition) is 3. The number of pyridine rings is 1. The Kier molecular flexibility index (Phi) is 6.65. The third kappa shape index (κ3) is 5.60. The minimum absolute atomic E-state index is 0.0593. The summed E-state index contributed by atoms with van der Waals surface area (Å²) in [7, 11) is -3.89. The zero-order valence-electron chi connectivity index (χ0n) is 15.3. The van der Waals surface area contributed by atoms with Gasteiger partial charge in [-0.2, -0.15) is 4.72 Å². The normalized spacial score (nSPS) is 12.4. The third-order valence-corrected chi connectivity index (χ3v) is 5.22. The van der Waals surface area contributed by atoms with E-state index in [-0.39, 0.29) is 16.5 Å². The molecule has 1 aromatic heterocycles. The van der Waals surface area contributed by atoms with Gasteiger partial charge in [-0.1, -0.05) is 37.6 Å². The molecule has 0 spiro atoms. The Morgan fingerprint density at radius 1 is 1.00 bits per heavy atom. The summed E-state index contributed by atoms with van der Waals surface area (Å²) in [5, 5.41) is 0. The number of aryl methyl sites for hydroxylation is 1. The second-order valence-corrected chi connectivity index (χ2v) is 8.03. The summed E-state index contributed by atoms with van der Waals surface area (Å²) < 4.78 is 27.5. The first-order valence-electron chi connectivity index (χ1n) is 8.31. The summed E-state index contributed by atoms with van der Waals surface area (Å²) in [6.45, 7) is 5.24. The minimum Gasteiger partial charge on any atom is -0.271 e. The lowest BCUT2D eigenvalue weighted by molar-refractivity contribution is -0.124. The molecule has 1 heterocycles. The average Bonchev–Trinajstić information content (AvgIpc) is 2.64. The number of hydrazine groups is 1. The van der Waals surface area contributed by atoms with Crippen LogP contribution in [0.2, 0.25) is 0 Å². The lowest BCUT2D eigenvalue weighted by Crippen LogP contribution is -2.54. The number of amides is 2. The van der Waals surface area contributed by atoms with E-state index in [1.165, 1.54) is 24.4 Å². The van der Waals surface area contributed by atoms with Gasteiger partial charge >= 0.3 is 0 Å². The molecule has 3 N–H and O–H groups in total. The number of carbonyl (C=O) groups is 2. The number of hydrogen-bond acceptors (Lipinski definition) is 5. The first-order chi connectivity index (χ1) is 12.7. The van der Waals surface area contributed by atoms with Crippen molar-refractivity contribution in [1.29, 1.82) is 0 Å². The first-order valence-corrected chi connectivity index (χ1v) is 9.79. The second-order valence-electron chi connectivity index (χ2n) is 6.31. The smallest absolute Gasteiger partial charge is 0.271 e. The zero-order chi connectivity index (χ0) is 20.0. The number of sulfonamides is 1. The maximum Gasteiger partial charge on any atom is 0.288 e. The molecule has 2 aromatic rings. The highest BCUT2D eigenvalue weighted by atomic mass is 32.2. The molecule has 144 valence electrons. The third-order valence-electron chi connectivity index (χ3n) is 3.76. The number of carbonyl (C=O) groups excluding carboxylic acids is 2. The number of rotatable bonds is 6. The maximum atomic E-state index is 12.5. The van der Waals surface area contributed by atoms with Crippen LogP contribution in [0.1, 0.15) is 29.9 Å². The van der Waals surface area contributed by atoms with Crippen LogP contribution < -0.4 is 15.6 Å². The number of nitrogens with one attached hydrogen (secondary N) is 3. The first kappa shape index (κ1) is 20.5. The summed E-state index contributed by atoms with van der Waals surface area (Å²) in [5.41, 5.74) is 5.52. The lowest BCUT2D eigenvalue weighted by atomic mass is 10.1. The molecule has 0 aliphatic carbocycles. The van der Waals surface area contributed by atoms with E-state index < -0.39 is 27.9 Å². The Bertz CT molecular complexity index is 897. The molecule has 9 heteroatoms. The van der Waals surface area contributed by atoms with Crippen molar-refractivity contribution < 1.29 is 18.0 Å². The van der Waals surface area contributed by atoms with Crippen LogP contribution in [0.15, 0.2) is 53.6 Å². The van der Waals surface area contributed by atoms with Crippen LogP contribution >= 0.6 is 0 Å². The molecule has 0 aliphatic heterocycles. The van der Waals surface area contributed by atoms with Crippen LogP contribution in [0.3, 0.4) is 0 Å². The quantitative estimate of drug-likeness (QED) is 0.640. The summed E-state index contributed by atoms with van der Waals surface area (Å²) >= 11 is 0. The molecule has 0 aliphatic rings. The molecule has 0 fully saturated rings. The van der Waals surface area contributed by atoms with E-state index in [4.69, 9.17) is 0 Å². The summed E-state index contributed by atoms with van der Waals surface area (Å²) in [5.74, 6) is -1.63. The van der Waals surface area contributed by atoms with Gasteiger partial charge in [-0.15, -0.1) is 0 Å². The van der Waals surface area contributed by atoms with Gasteiger partial charge in [0, 0.05) is 6.20 Å². The Hall–Kier alpha value is -2.78. The number of nitrogens with zero attached hydrogens (tertiary/aromatic N) is 1. The van der Waals surface area contributed by atoms with Crippen LogP contribution in [-0.2, 0) is 14.8 Å². The summed E-state index contributed by atoms with van der Waals surface area (Å²) in [6.07, 6.45) is 1.45. The predicted molar refractivity (Wildman–Crippen MR) is 100.0 cm³/mol. The fourth-order valence-corrected chi connectivity index (χ4v) is 3.55. The number of aromatic nitrogens is 1. The Morgan fingerprint density at radius 3 is 2.22 bits per heavy atom. The van der Waals surface area contributed by atoms with Crippen molar-refractivity contribution in [2.24, 2.45) is 5.92 Å². The van der Waals surface area contributed by atoms with Crippen molar-refractivity contribution >= 4 is 21.8 Å². The lowest BCUT2D eigenvalue weighted by Gasteiger charge is -2.21. The summed E-state index contributed by atoms with van der Waals surface area (Å²) in [4.78, 5) is 28.3. The molecule has 0 unspecified atom stereocenters. The second kappa shape index (κ2) is 8.74.